The second-order valence-corrected chi connectivity index (χ2v) is 7.80. The van der Waals surface area contributed by atoms with Gasteiger partial charge in [0.25, 0.3) is 0 Å². The van der Waals surface area contributed by atoms with E-state index >= 15 is 0 Å². The lowest BCUT2D eigenvalue weighted by molar-refractivity contribution is 0.0737. The summed E-state index contributed by atoms with van der Waals surface area (Å²) in [5.41, 5.74) is 6.59. The summed E-state index contributed by atoms with van der Waals surface area (Å²) in [6, 6.07) is 2.11. The Hall–Kier alpha value is -0.890. The fourth-order valence-corrected chi connectivity index (χ4v) is 3.42. The summed E-state index contributed by atoms with van der Waals surface area (Å²) in [6.07, 6.45) is 4.01. The first kappa shape index (κ1) is 16.5. The highest BCUT2D eigenvalue weighted by molar-refractivity contribution is 7.89. The van der Waals surface area contributed by atoms with Crippen molar-refractivity contribution in [2.45, 2.75) is 50.3 Å². The first-order chi connectivity index (χ1) is 9.86. The number of rotatable bonds is 8. The molecule has 21 heavy (non-hydrogen) atoms. The Balaban J connectivity index is 2.11. The maximum absolute atomic E-state index is 12.5. The quantitative estimate of drug-likeness (QED) is 0.785. The zero-order chi connectivity index (χ0) is 15.6. The van der Waals surface area contributed by atoms with Crippen LogP contribution in [0, 0.1) is 0 Å². The van der Waals surface area contributed by atoms with Gasteiger partial charge < -0.3 is 15.0 Å². The first-order valence-corrected chi connectivity index (χ1v) is 8.79. The van der Waals surface area contributed by atoms with Gasteiger partial charge in [0.15, 0.2) is 0 Å². The number of nitrogens with zero attached hydrogens (tertiary/aromatic N) is 2. The SMILES string of the molecule is CC(C)OCCN(C)S(=O)(=O)c1cc(CN)n(C2CC2)c1. The normalized spacial score (nSPS) is 16.1. The van der Waals surface area contributed by atoms with Crippen LogP contribution in [0.4, 0.5) is 0 Å². The molecule has 1 saturated carbocycles. The third kappa shape index (κ3) is 3.85. The molecule has 2 N–H and O–H groups in total. The van der Waals surface area contributed by atoms with E-state index in [9.17, 15) is 8.42 Å². The van der Waals surface area contributed by atoms with E-state index in [1.807, 2.05) is 18.4 Å². The van der Waals surface area contributed by atoms with Gasteiger partial charge in [-0.2, -0.15) is 4.31 Å². The highest BCUT2D eigenvalue weighted by Crippen LogP contribution is 2.37. The largest absolute Gasteiger partial charge is 0.377 e. The number of hydrogen-bond acceptors (Lipinski definition) is 4. The standard InChI is InChI=1S/C14H25N3O3S/c1-11(2)20-7-6-16(3)21(18,19)14-8-13(9-15)17(10-14)12-4-5-12/h8,10-12H,4-7,9,15H2,1-3H3. The first-order valence-electron chi connectivity index (χ1n) is 7.35. The molecule has 0 radical (unpaired) electrons. The average molecular weight is 315 g/mol. The van der Waals surface area contributed by atoms with Gasteiger partial charge in [-0.05, 0) is 32.8 Å². The molecule has 6 nitrogen and oxygen atoms in total. The van der Waals surface area contributed by atoms with Crippen LogP contribution in [-0.4, -0.2) is 43.6 Å². The lowest BCUT2D eigenvalue weighted by Gasteiger charge is -2.17. The van der Waals surface area contributed by atoms with Gasteiger partial charge in [0, 0.05) is 38.1 Å². The number of aromatic nitrogens is 1. The molecule has 0 saturated heterocycles. The number of likely N-dealkylation sites (N-methyl/N-ethyl adjacent to an activating group) is 1. The van der Waals surface area contributed by atoms with Gasteiger partial charge >= 0.3 is 0 Å². The van der Waals surface area contributed by atoms with Crippen LogP contribution in [0.3, 0.4) is 0 Å². The number of nitrogens with two attached hydrogens (primary N) is 1. The Bertz CT molecular complexity index is 576. The Morgan fingerprint density at radius 1 is 1.48 bits per heavy atom. The molecular formula is C14H25N3O3S. The molecular weight excluding hydrogens is 290 g/mol. The number of hydrogen-bond donors (Lipinski definition) is 1. The molecule has 1 aliphatic carbocycles. The predicted octanol–water partition coefficient (Wildman–Crippen LogP) is 1.33. The maximum atomic E-state index is 12.5. The van der Waals surface area contributed by atoms with Crippen molar-refractivity contribution in [2.24, 2.45) is 5.73 Å². The van der Waals surface area contributed by atoms with Gasteiger partial charge in [-0.25, -0.2) is 8.42 Å². The Morgan fingerprint density at radius 3 is 2.67 bits per heavy atom. The van der Waals surface area contributed by atoms with Gasteiger partial charge in [0.05, 0.1) is 12.7 Å². The van der Waals surface area contributed by atoms with E-state index in [-0.39, 0.29) is 6.10 Å². The van der Waals surface area contributed by atoms with Crippen molar-refractivity contribution in [1.29, 1.82) is 0 Å². The Labute approximate surface area is 126 Å². The Kier molecular flexibility index (Phi) is 5.08. The average Bonchev–Trinajstić information content (AvgIpc) is 3.16. The summed E-state index contributed by atoms with van der Waals surface area (Å²) < 4.78 is 33.8. The molecule has 2 rings (SSSR count). The van der Waals surface area contributed by atoms with Crippen molar-refractivity contribution < 1.29 is 13.2 Å². The van der Waals surface area contributed by atoms with Gasteiger partial charge in [-0.15, -0.1) is 0 Å². The van der Waals surface area contributed by atoms with E-state index in [0.717, 1.165) is 18.5 Å². The molecule has 1 aromatic heterocycles. The fraction of sp³-hybridized carbons (Fsp3) is 0.714. The molecule has 7 heteroatoms. The van der Waals surface area contributed by atoms with Crippen LogP contribution in [-0.2, 0) is 21.3 Å². The van der Waals surface area contributed by atoms with Crippen LogP contribution in [0.5, 0.6) is 0 Å². The fourth-order valence-electron chi connectivity index (χ4n) is 2.21. The van der Waals surface area contributed by atoms with Crippen molar-refractivity contribution in [1.82, 2.24) is 8.87 Å². The second kappa shape index (κ2) is 6.48. The van der Waals surface area contributed by atoms with Gasteiger partial charge in [0.1, 0.15) is 4.90 Å². The van der Waals surface area contributed by atoms with Crippen LogP contribution in [0.15, 0.2) is 17.2 Å². The number of ether oxygens (including phenoxy) is 1. The highest BCUT2D eigenvalue weighted by atomic mass is 32.2. The van der Waals surface area contributed by atoms with Gasteiger partial charge in [0.2, 0.25) is 10.0 Å². The van der Waals surface area contributed by atoms with Crippen molar-refractivity contribution in [2.75, 3.05) is 20.2 Å². The molecule has 0 unspecified atom stereocenters. The minimum atomic E-state index is -3.48. The molecule has 1 fully saturated rings. The second-order valence-electron chi connectivity index (χ2n) is 5.76. The molecule has 0 bridgehead atoms. The molecule has 0 aromatic carbocycles. The summed E-state index contributed by atoms with van der Waals surface area (Å²) in [7, 11) is -1.90. The van der Waals surface area contributed by atoms with Gasteiger partial charge in [-0.3, -0.25) is 0 Å². The Morgan fingerprint density at radius 2 is 2.14 bits per heavy atom. The maximum Gasteiger partial charge on any atom is 0.244 e. The molecule has 0 amide bonds. The van der Waals surface area contributed by atoms with Crippen LogP contribution >= 0.6 is 0 Å². The topological polar surface area (TPSA) is 77.6 Å². The molecule has 0 aliphatic heterocycles. The molecule has 1 aromatic rings. The van der Waals surface area contributed by atoms with Crippen molar-refractivity contribution in [3.8, 4) is 0 Å². The molecule has 1 heterocycles. The van der Waals surface area contributed by atoms with Gasteiger partial charge in [-0.1, -0.05) is 0 Å². The summed E-state index contributed by atoms with van der Waals surface area (Å²) in [5, 5.41) is 0. The summed E-state index contributed by atoms with van der Waals surface area (Å²) in [5.74, 6) is 0. The molecule has 1 aliphatic rings. The molecule has 120 valence electrons. The third-order valence-corrected chi connectivity index (χ3v) is 5.44. The summed E-state index contributed by atoms with van der Waals surface area (Å²) in [6.45, 7) is 4.94. The monoisotopic (exact) mass is 315 g/mol. The smallest absolute Gasteiger partial charge is 0.244 e. The number of sulfonamides is 1. The van der Waals surface area contributed by atoms with E-state index < -0.39 is 10.0 Å². The lowest BCUT2D eigenvalue weighted by Crippen LogP contribution is -2.30. The zero-order valence-corrected chi connectivity index (χ0v) is 13.8. The molecule has 0 atom stereocenters. The lowest BCUT2D eigenvalue weighted by atomic mass is 10.4. The minimum Gasteiger partial charge on any atom is -0.377 e. The highest BCUT2D eigenvalue weighted by Gasteiger charge is 2.29. The van der Waals surface area contributed by atoms with Crippen LogP contribution < -0.4 is 5.73 Å². The molecule has 0 spiro atoms. The minimum absolute atomic E-state index is 0.0981. The van der Waals surface area contributed by atoms with Crippen LogP contribution in [0.2, 0.25) is 0 Å². The van der Waals surface area contributed by atoms with E-state index in [4.69, 9.17) is 10.5 Å². The van der Waals surface area contributed by atoms with E-state index in [1.54, 1.807) is 19.3 Å². The van der Waals surface area contributed by atoms with E-state index in [1.165, 1.54) is 4.31 Å². The van der Waals surface area contributed by atoms with E-state index in [0.29, 0.717) is 30.6 Å². The predicted molar refractivity (Wildman–Crippen MR) is 81.5 cm³/mol. The summed E-state index contributed by atoms with van der Waals surface area (Å²) >= 11 is 0. The zero-order valence-electron chi connectivity index (χ0n) is 12.9. The van der Waals surface area contributed by atoms with Crippen LogP contribution in [0.1, 0.15) is 38.4 Å². The van der Waals surface area contributed by atoms with Crippen LogP contribution in [0.25, 0.3) is 0 Å². The summed E-state index contributed by atoms with van der Waals surface area (Å²) in [4.78, 5) is 0.321. The van der Waals surface area contributed by atoms with Crippen molar-refractivity contribution >= 4 is 10.0 Å². The van der Waals surface area contributed by atoms with E-state index in [2.05, 4.69) is 0 Å². The third-order valence-electron chi connectivity index (χ3n) is 3.62. The van der Waals surface area contributed by atoms with Crippen molar-refractivity contribution in [3.63, 3.8) is 0 Å². The van der Waals surface area contributed by atoms with Crippen molar-refractivity contribution in [3.05, 3.63) is 18.0 Å².